The van der Waals surface area contributed by atoms with Crippen molar-refractivity contribution in [3.63, 3.8) is 0 Å². The Morgan fingerprint density at radius 2 is 1.92 bits per heavy atom. The molecule has 0 aliphatic rings. The van der Waals surface area contributed by atoms with Crippen LogP contribution in [-0.2, 0) is 0 Å². The highest BCUT2D eigenvalue weighted by atomic mass is 16.5. The van der Waals surface area contributed by atoms with Crippen molar-refractivity contribution in [1.29, 1.82) is 5.26 Å². The molecule has 0 atom stereocenters. The monoisotopic (exact) mass is 347 g/mol. The predicted molar refractivity (Wildman–Crippen MR) is 99.8 cm³/mol. The molecule has 2 N–H and O–H groups in total. The number of aromatic nitrogens is 2. The maximum absolute atomic E-state index is 10.3. The standard InChI is InChI=1S/C20H17N3O3/c1-25-18-10-8-13(11-19(18)26-2)7-9-17(24)14(12-21)20-22-15-5-3-4-6-16(15)23-20/h3-11,24H,1-2H3,(H,22,23). The fourth-order valence-corrected chi connectivity index (χ4v) is 2.52. The van der Waals surface area contributed by atoms with E-state index < -0.39 is 0 Å². The van der Waals surface area contributed by atoms with E-state index in [1.165, 1.54) is 6.08 Å². The third kappa shape index (κ3) is 3.37. The Morgan fingerprint density at radius 3 is 2.62 bits per heavy atom. The SMILES string of the molecule is COc1ccc(C=CC(O)=C(C#N)c2nc3ccccc3[nH]2)cc1OC. The van der Waals surface area contributed by atoms with Crippen LogP contribution in [0.2, 0.25) is 0 Å². The second-order valence-corrected chi connectivity index (χ2v) is 5.42. The molecule has 0 saturated heterocycles. The molecule has 1 aromatic heterocycles. The number of aromatic amines is 1. The van der Waals surface area contributed by atoms with Gasteiger partial charge in [0.25, 0.3) is 0 Å². The molecule has 1 heterocycles. The van der Waals surface area contributed by atoms with Gasteiger partial charge in [0.2, 0.25) is 0 Å². The zero-order chi connectivity index (χ0) is 18.5. The maximum atomic E-state index is 10.3. The minimum absolute atomic E-state index is 0.0675. The summed E-state index contributed by atoms with van der Waals surface area (Å²) in [5.41, 5.74) is 2.38. The lowest BCUT2D eigenvalue weighted by Crippen LogP contribution is -1.91. The van der Waals surface area contributed by atoms with Gasteiger partial charge in [-0.15, -0.1) is 0 Å². The normalized spacial score (nSPS) is 12.0. The van der Waals surface area contributed by atoms with Crippen molar-refractivity contribution in [2.24, 2.45) is 0 Å². The van der Waals surface area contributed by atoms with Gasteiger partial charge in [0.1, 0.15) is 17.4 Å². The number of rotatable bonds is 5. The number of para-hydroxylation sites is 2. The topological polar surface area (TPSA) is 91.2 Å². The highest BCUT2D eigenvalue weighted by Gasteiger charge is 2.11. The fraction of sp³-hybridized carbons (Fsp3) is 0.100. The molecular weight excluding hydrogens is 330 g/mol. The second-order valence-electron chi connectivity index (χ2n) is 5.42. The summed E-state index contributed by atoms with van der Waals surface area (Å²) in [5, 5.41) is 19.8. The number of aliphatic hydroxyl groups excluding tert-OH is 1. The molecule has 2 aromatic carbocycles. The third-order valence-corrected chi connectivity index (χ3v) is 3.84. The van der Waals surface area contributed by atoms with Crippen molar-refractivity contribution in [2.75, 3.05) is 14.2 Å². The van der Waals surface area contributed by atoms with Gasteiger partial charge in [-0.25, -0.2) is 4.98 Å². The molecule has 3 rings (SSSR count). The minimum atomic E-state index is -0.179. The van der Waals surface area contributed by atoms with Crippen molar-refractivity contribution in [3.8, 4) is 17.6 Å². The number of imidazole rings is 1. The molecule has 0 bridgehead atoms. The first-order chi connectivity index (χ1) is 12.7. The van der Waals surface area contributed by atoms with Gasteiger partial charge < -0.3 is 19.6 Å². The van der Waals surface area contributed by atoms with Gasteiger partial charge in [0.05, 0.1) is 25.3 Å². The fourth-order valence-electron chi connectivity index (χ4n) is 2.52. The smallest absolute Gasteiger partial charge is 0.161 e. The number of H-pyrrole nitrogens is 1. The van der Waals surface area contributed by atoms with E-state index in [0.717, 1.165) is 16.6 Å². The summed E-state index contributed by atoms with van der Waals surface area (Å²) in [6.45, 7) is 0. The van der Waals surface area contributed by atoms with Gasteiger partial charge in [-0.05, 0) is 35.9 Å². The summed E-state index contributed by atoms with van der Waals surface area (Å²) in [4.78, 5) is 7.38. The number of methoxy groups -OCH3 is 2. The van der Waals surface area contributed by atoms with Crippen molar-refractivity contribution in [2.45, 2.75) is 0 Å². The largest absolute Gasteiger partial charge is 0.506 e. The first-order valence-electron chi connectivity index (χ1n) is 7.85. The lowest BCUT2D eigenvalue weighted by Gasteiger charge is -2.07. The number of ether oxygens (including phenoxy) is 2. The quantitative estimate of drug-likeness (QED) is 0.412. The molecule has 130 valence electrons. The number of hydrogen-bond donors (Lipinski definition) is 2. The molecule has 6 nitrogen and oxygen atoms in total. The predicted octanol–water partition coefficient (Wildman–Crippen LogP) is 4.09. The Balaban J connectivity index is 1.94. The molecule has 0 fully saturated rings. The van der Waals surface area contributed by atoms with Crippen LogP contribution >= 0.6 is 0 Å². The van der Waals surface area contributed by atoms with Gasteiger partial charge >= 0.3 is 0 Å². The van der Waals surface area contributed by atoms with Crippen LogP contribution < -0.4 is 9.47 Å². The zero-order valence-electron chi connectivity index (χ0n) is 14.4. The number of aliphatic hydroxyl groups is 1. The number of nitrogens with one attached hydrogen (secondary N) is 1. The van der Waals surface area contributed by atoms with E-state index in [0.29, 0.717) is 17.3 Å². The lowest BCUT2D eigenvalue weighted by molar-refractivity contribution is 0.355. The van der Waals surface area contributed by atoms with Crippen LogP contribution in [0, 0.1) is 11.3 Å². The molecule has 0 aliphatic heterocycles. The van der Waals surface area contributed by atoms with E-state index >= 15 is 0 Å². The molecule has 3 aromatic rings. The first kappa shape index (κ1) is 17.1. The number of hydrogen-bond acceptors (Lipinski definition) is 5. The van der Waals surface area contributed by atoms with Gasteiger partial charge in [0.15, 0.2) is 17.3 Å². The van der Waals surface area contributed by atoms with E-state index in [9.17, 15) is 10.4 Å². The summed E-state index contributed by atoms with van der Waals surface area (Å²) in [5.74, 6) is 1.34. The van der Waals surface area contributed by atoms with Gasteiger partial charge in [-0.1, -0.05) is 24.3 Å². The number of fused-ring (bicyclic) bond motifs is 1. The van der Waals surface area contributed by atoms with Crippen LogP contribution in [0.1, 0.15) is 11.4 Å². The lowest BCUT2D eigenvalue weighted by atomic mass is 10.1. The summed E-state index contributed by atoms with van der Waals surface area (Å²) in [7, 11) is 3.12. The van der Waals surface area contributed by atoms with Crippen LogP contribution in [0.15, 0.2) is 54.3 Å². The molecule has 0 unspecified atom stereocenters. The Hall–Kier alpha value is -3.72. The van der Waals surface area contributed by atoms with E-state index in [1.807, 2.05) is 36.4 Å². The molecule has 0 aliphatic carbocycles. The highest BCUT2D eigenvalue weighted by molar-refractivity contribution is 5.83. The van der Waals surface area contributed by atoms with Crippen LogP contribution in [0.3, 0.4) is 0 Å². The van der Waals surface area contributed by atoms with Crippen molar-refractivity contribution < 1.29 is 14.6 Å². The average Bonchev–Trinajstić information content (AvgIpc) is 3.10. The molecule has 6 heteroatoms. The third-order valence-electron chi connectivity index (χ3n) is 3.84. The van der Waals surface area contributed by atoms with E-state index in [1.54, 1.807) is 32.4 Å². The van der Waals surface area contributed by atoms with Crippen molar-refractivity contribution in [3.05, 3.63) is 65.7 Å². The van der Waals surface area contributed by atoms with Gasteiger partial charge in [0, 0.05) is 0 Å². The van der Waals surface area contributed by atoms with E-state index in [2.05, 4.69) is 9.97 Å². The first-order valence-corrected chi connectivity index (χ1v) is 7.85. The van der Waals surface area contributed by atoms with Crippen molar-refractivity contribution in [1.82, 2.24) is 9.97 Å². The molecule has 0 amide bonds. The highest BCUT2D eigenvalue weighted by Crippen LogP contribution is 2.28. The van der Waals surface area contributed by atoms with Crippen molar-refractivity contribution >= 4 is 22.7 Å². The molecule has 0 radical (unpaired) electrons. The summed E-state index contributed by atoms with van der Waals surface area (Å²) in [6.07, 6.45) is 3.13. The van der Waals surface area contributed by atoms with Gasteiger partial charge in [-0.2, -0.15) is 5.26 Å². The number of nitrogens with zero attached hydrogens (tertiary/aromatic N) is 2. The number of allylic oxidation sites excluding steroid dienone is 2. The Labute approximate surface area is 150 Å². The molecule has 0 saturated carbocycles. The van der Waals surface area contributed by atoms with E-state index in [4.69, 9.17) is 9.47 Å². The number of nitriles is 1. The summed E-state index contributed by atoms with van der Waals surface area (Å²) in [6, 6.07) is 14.8. The molecular formula is C20H17N3O3. The molecule has 26 heavy (non-hydrogen) atoms. The Morgan fingerprint density at radius 1 is 1.15 bits per heavy atom. The minimum Gasteiger partial charge on any atom is -0.506 e. The number of benzene rings is 2. The van der Waals surface area contributed by atoms with Crippen LogP contribution in [0.25, 0.3) is 22.7 Å². The van der Waals surface area contributed by atoms with Crippen LogP contribution in [0.4, 0.5) is 0 Å². The Bertz CT molecular complexity index is 1010. The average molecular weight is 347 g/mol. The second kappa shape index (κ2) is 7.45. The molecule has 0 spiro atoms. The summed E-state index contributed by atoms with van der Waals surface area (Å²) >= 11 is 0. The summed E-state index contributed by atoms with van der Waals surface area (Å²) < 4.78 is 10.5. The zero-order valence-corrected chi connectivity index (χ0v) is 14.4. The van der Waals surface area contributed by atoms with Crippen LogP contribution in [-0.4, -0.2) is 29.3 Å². The van der Waals surface area contributed by atoms with Gasteiger partial charge in [-0.3, -0.25) is 0 Å². The maximum Gasteiger partial charge on any atom is 0.161 e. The van der Waals surface area contributed by atoms with E-state index in [-0.39, 0.29) is 11.3 Å². The Kier molecular flexibility index (Phi) is 4.90. The van der Waals surface area contributed by atoms with Crippen LogP contribution in [0.5, 0.6) is 11.5 Å².